The van der Waals surface area contributed by atoms with E-state index >= 15 is 0 Å². The minimum Gasteiger partial charge on any atom is -0.396 e. The van der Waals surface area contributed by atoms with Crippen LogP contribution in [-0.2, 0) is 0 Å². The molecule has 118 valence electrons. The van der Waals surface area contributed by atoms with Crippen LogP contribution >= 0.6 is 0 Å². The van der Waals surface area contributed by atoms with E-state index in [9.17, 15) is 9.18 Å². The molecule has 23 heavy (non-hydrogen) atoms. The molecule has 3 aromatic rings. The molecule has 3 N–H and O–H groups in total. The van der Waals surface area contributed by atoms with E-state index in [4.69, 9.17) is 5.73 Å². The Labute approximate surface area is 131 Å². The lowest BCUT2D eigenvalue weighted by Crippen LogP contribution is -2.27. The maximum atomic E-state index is 14.1. The average molecular weight is 314 g/mol. The van der Waals surface area contributed by atoms with E-state index in [2.05, 4.69) is 15.3 Å². The van der Waals surface area contributed by atoms with Crippen molar-refractivity contribution in [2.24, 2.45) is 0 Å². The van der Waals surface area contributed by atoms with Crippen LogP contribution in [-0.4, -0.2) is 39.4 Å². The number of amides is 2. The number of benzene rings is 1. The van der Waals surface area contributed by atoms with E-state index in [-0.39, 0.29) is 11.6 Å². The second-order valence-electron chi connectivity index (χ2n) is 5.24. The largest absolute Gasteiger partial charge is 0.396 e. The van der Waals surface area contributed by atoms with E-state index < -0.39 is 5.82 Å². The fourth-order valence-corrected chi connectivity index (χ4v) is 2.06. The molecule has 0 spiro atoms. The molecule has 0 aliphatic rings. The number of hydrogen-bond donors (Lipinski definition) is 2. The van der Waals surface area contributed by atoms with E-state index in [1.165, 1.54) is 29.3 Å². The maximum absolute atomic E-state index is 14.1. The van der Waals surface area contributed by atoms with Crippen LogP contribution in [0.3, 0.4) is 0 Å². The Balaban J connectivity index is 2.01. The Hall–Kier alpha value is -3.16. The fourth-order valence-electron chi connectivity index (χ4n) is 2.06. The number of anilines is 2. The van der Waals surface area contributed by atoms with Crippen molar-refractivity contribution >= 4 is 23.2 Å². The minimum absolute atomic E-state index is 0.269. The van der Waals surface area contributed by atoms with Crippen molar-refractivity contribution in [2.45, 2.75) is 0 Å². The maximum Gasteiger partial charge on any atom is 0.321 e. The third-order valence-electron chi connectivity index (χ3n) is 3.23. The van der Waals surface area contributed by atoms with Crippen LogP contribution in [0.5, 0.6) is 0 Å². The van der Waals surface area contributed by atoms with Gasteiger partial charge in [-0.25, -0.2) is 19.2 Å². The third kappa shape index (κ3) is 2.91. The molecule has 2 amide bonds. The van der Waals surface area contributed by atoms with Crippen molar-refractivity contribution < 1.29 is 9.18 Å². The van der Waals surface area contributed by atoms with E-state index in [0.717, 1.165) is 0 Å². The van der Waals surface area contributed by atoms with Crippen molar-refractivity contribution in [2.75, 3.05) is 25.1 Å². The molecule has 0 aliphatic carbocycles. The molecule has 0 saturated heterocycles. The molecule has 0 unspecified atom stereocenters. The second kappa shape index (κ2) is 5.56. The smallest absolute Gasteiger partial charge is 0.321 e. The van der Waals surface area contributed by atoms with Crippen molar-refractivity contribution in [3.63, 3.8) is 0 Å². The quantitative estimate of drug-likeness (QED) is 0.759. The van der Waals surface area contributed by atoms with Crippen LogP contribution in [0.1, 0.15) is 0 Å². The number of rotatable bonds is 2. The first-order valence-corrected chi connectivity index (χ1v) is 6.82. The molecule has 7 nitrogen and oxygen atoms in total. The molecule has 0 fully saturated rings. The van der Waals surface area contributed by atoms with E-state index in [1.807, 2.05) is 0 Å². The monoisotopic (exact) mass is 314 g/mol. The van der Waals surface area contributed by atoms with Gasteiger partial charge in [0.05, 0.1) is 17.6 Å². The molecule has 0 atom stereocenters. The number of carbonyl (C=O) groups excluding carboxylic acids is 1. The molecule has 2 aromatic heterocycles. The summed E-state index contributed by atoms with van der Waals surface area (Å²) in [5, 5.41) is 2.67. The second-order valence-corrected chi connectivity index (χ2v) is 5.24. The molecule has 0 radical (unpaired) electrons. The van der Waals surface area contributed by atoms with Gasteiger partial charge in [0, 0.05) is 37.7 Å². The van der Waals surface area contributed by atoms with Gasteiger partial charge in [-0.15, -0.1) is 0 Å². The van der Waals surface area contributed by atoms with Crippen LogP contribution < -0.4 is 11.1 Å². The summed E-state index contributed by atoms with van der Waals surface area (Å²) in [5.74, 6) is -0.0273. The zero-order valence-corrected chi connectivity index (χ0v) is 12.6. The standard InChI is InChI=1S/C15H15FN6O/c1-21(2)15(23)19-10-3-4-12(16)11(5-10)13-8-22-7-9(17)6-18-14(22)20-13/h3-8H,17H2,1-2H3,(H,19,23). The number of fused-ring (bicyclic) bond motifs is 1. The average Bonchev–Trinajstić information content (AvgIpc) is 2.91. The van der Waals surface area contributed by atoms with Gasteiger partial charge in [0.15, 0.2) is 0 Å². The molecule has 0 bridgehead atoms. The summed E-state index contributed by atoms with van der Waals surface area (Å²) in [5.41, 5.74) is 7.30. The first-order chi connectivity index (χ1) is 10.9. The lowest BCUT2D eigenvalue weighted by Gasteiger charge is -2.12. The molecule has 0 saturated carbocycles. The minimum atomic E-state index is -0.441. The fraction of sp³-hybridized carbons (Fsp3) is 0.133. The van der Waals surface area contributed by atoms with Gasteiger partial charge in [0.25, 0.3) is 0 Å². The van der Waals surface area contributed by atoms with Crippen LogP contribution in [0.2, 0.25) is 0 Å². The van der Waals surface area contributed by atoms with Crippen molar-refractivity contribution in [3.05, 3.63) is 42.6 Å². The lowest BCUT2D eigenvalue weighted by atomic mass is 10.1. The highest BCUT2D eigenvalue weighted by atomic mass is 19.1. The number of nitrogens with zero attached hydrogens (tertiary/aromatic N) is 4. The first kappa shape index (κ1) is 14.8. The zero-order valence-electron chi connectivity index (χ0n) is 12.6. The predicted molar refractivity (Wildman–Crippen MR) is 85.5 cm³/mol. The van der Waals surface area contributed by atoms with Gasteiger partial charge in [0.1, 0.15) is 5.82 Å². The Morgan fingerprint density at radius 2 is 2.13 bits per heavy atom. The SMILES string of the molecule is CN(C)C(=O)Nc1ccc(F)c(-c2cn3cc(N)cnc3n2)c1. The normalized spacial score (nSPS) is 10.7. The number of nitrogen functional groups attached to an aromatic ring is 1. The van der Waals surface area contributed by atoms with Gasteiger partial charge in [0.2, 0.25) is 5.78 Å². The number of aromatic nitrogens is 3. The number of nitrogens with two attached hydrogens (primary N) is 1. The highest BCUT2D eigenvalue weighted by Crippen LogP contribution is 2.25. The number of imidazole rings is 1. The van der Waals surface area contributed by atoms with Crippen molar-refractivity contribution in [1.82, 2.24) is 19.3 Å². The van der Waals surface area contributed by atoms with Crippen LogP contribution in [0.15, 0.2) is 36.8 Å². The van der Waals surface area contributed by atoms with Crippen LogP contribution in [0, 0.1) is 5.82 Å². The Bertz CT molecular complexity index is 889. The molecular formula is C15H15FN6O. The number of carbonyl (C=O) groups is 1. The summed E-state index contributed by atoms with van der Waals surface area (Å²) in [4.78, 5) is 21.4. The zero-order chi connectivity index (χ0) is 16.6. The van der Waals surface area contributed by atoms with Crippen LogP contribution in [0.25, 0.3) is 17.0 Å². The highest BCUT2D eigenvalue weighted by Gasteiger charge is 2.13. The van der Waals surface area contributed by atoms with Gasteiger partial charge in [-0.2, -0.15) is 0 Å². The highest BCUT2D eigenvalue weighted by molar-refractivity contribution is 5.89. The molecule has 0 aliphatic heterocycles. The number of nitrogens with one attached hydrogen (secondary N) is 1. The Kier molecular flexibility index (Phi) is 3.57. The summed E-state index contributed by atoms with van der Waals surface area (Å²) in [6, 6.07) is 4.01. The van der Waals surface area contributed by atoms with Crippen molar-refractivity contribution in [1.29, 1.82) is 0 Å². The number of halogens is 1. The number of urea groups is 1. The van der Waals surface area contributed by atoms with Gasteiger partial charge in [-0.1, -0.05) is 0 Å². The first-order valence-electron chi connectivity index (χ1n) is 6.82. The molecule has 3 rings (SSSR count). The van der Waals surface area contributed by atoms with Gasteiger partial charge in [-0.3, -0.25) is 4.40 Å². The van der Waals surface area contributed by atoms with E-state index in [0.29, 0.717) is 22.8 Å². The van der Waals surface area contributed by atoms with Gasteiger partial charge >= 0.3 is 6.03 Å². The van der Waals surface area contributed by atoms with Crippen LogP contribution in [0.4, 0.5) is 20.6 Å². The molecule has 1 aromatic carbocycles. The molecule has 8 heteroatoms. The topological polar surface area (TPSA) is 88.5 Å². The van der Waals surface area contributed by atoms with E-state index in [1.54, 1.807) is 30.9 Å². The predicted octanol–water partition coefficient (Wildman–Crippen LogP) is 2.21. The Morgan fingerprint density at radius 1 is 1.35 bits per heavy atom. The summed E-state index contributed by atoms with van der Waals surface area (Å²) in [7, 11) is 3.25. The summed E-state index contributed by atoms with van der Waals surface area (Å²) >= 11 is 0. The van der Waals surface area contributed by atoms with Gasteiger partial charge < -0.3 is 16.0 Å². The van der Waals surface area contributed by atoms with Gasteiger partial charge in [-0.05, 0) is 18.2 Å². The molecular weight excluding hydrogens is 299 g/mol. The summed E-state index contributed by atoms with van der Waals surface area (Å²) in [6.45, 7) is 0. The number of hydrogen-bond acceptors (Lipinski definition) is 4. The third-order valence-corrected chi connectivity index (χ3v) is 3.23. The van der Waals surface area contributed by atoms with Crippen molar-refractivity contribution in [3.8, 4) is 11.3 Å². The summed E-state index contributed by atoms with van der Waals surface area (Å²) in [6.07, 6.45) is 4.76. The lowest BCUT2D eigenvalue weighted by molar-refractivity contribution is 0.230. The Morgan fingerprint density at radius 3 is 2.87 bits per heavy atom. The summed E-state index contributed by atoms with van der Waals surface area (Å²) < 4.78 is 15.8. The molecule has 2 heterocycles.